The molecule has 116 valence electrons. The lowest BCUT2D eigenvalue weighted by atomic mass is 9.93. The zero-order valence-electron chi connectivity index (χ0n) is 12.8. The normalized spacial score (nSPS) is 18.4. The van der Waals surface area contributed by atoms with Gasteiger partial charge in [0.1, 0.15) is 5.69 Å². The molecule has 2 aromatic rings. The van der Waals surface area contributed by atoms with E-state index >= 15 is 0 Å². The lowest BCUT2D eigenvalue weighted by Crippen LogP contribution is -2.40. The van der Waals surface area contributed by atoms with Crippen LogP contribution in [-0.4, -0.2) is 43.8 Å². The predicted octanol–water partition coefficient (Wildman–Crippen LogP) is 2.06. The fourth-order valence-corrected chi connectivity index (χ4v) is 2.97. The molecular formula is C16H21N5O. The van der Waals surface area contributed by atoms with E-state index in [4.69, 9.17) is 0 Å². The summed E-state index contributed by atoms with van der Waals surface area (Å²) < 4.78 is 0. The highest BCUT2D eigenvalue weighted by Gasteiger charge is 2.23. The van der Waals surface area contributed by atoms with Gasteiger partial charge in [-0.05, 0) is 25.2 Å². The molecule has 1 fully saturated rings. The van der Waals surface area contributed by atoms with Crippen molar-refractivity contribution in [1.82, 2.24) is 24.8 Å². The molecule has 0 radical (unpaired) electrons. The van der Waals surface area contributed by atoms with Gasteiger partial charge in [0.25, 0.3) is 0 Å². The average Bonchev–Trinajstić information content (AvgIpc) is 3.09. The summed E-state index contributed by atoms with van der Waals surface area (Å²) in [5.41, 5.74) is 1.73. The smallest absolute Gasteiger partial charge is 0.222 e. The molecule has 1 aliphatic rings. The summed E-state index contributed by atoms with van der Waals surface area (Å²) in [6.07, 6.45) is 10.7. The Bertz CT molecular complexity index is 608. The number of carbonyl (C=O) groups is 1. The maximum Gasteiger partial charge on any atom is 0.222 e. The molecule has 1 saturated heterocycles. The Labute approximate surface area is 130 Å². The summed E-state index contributed by atoms with van der Waals surface area (Å²) in [6.45, 7) is 3.66. The standard InChI is InChI=1S/C16H21N5O/c1-2-15(22)21-7-3-4-12(11-21)8-13-9-20-14(10-19-13)16-17-5-6-18-16/h5-6,9-10,12H,2-4,7-8,11H2,1H3,(H,17,18)/t12-/m0/s1. The van der Waals surface area contributed by atoms with E-state index in [1.165, 1.54) is 0 Å². The zero-order valence-corrected chi connectivity index (χ0v) is 12.8. The van der Waals surface area contributed by atoms with Crippen LogP contribution in [-0.2, 0) is 11.2 Å². The van der Waals surface area contributed by atoms with E-state index in [1.54, 1.807) is 18.6 Å². The molecule has 0 saturated carbocycles. The molecule has 1 atom stereocenters. The van der Waals surface area contributed by atoms with Gasteiger partial charge in [-0.1, -0.05) is 6.92 Å². The summed E-state index contributed by atoms with van der Waals surface area (Å²) in [5.74, 6) is 1.47. The topological polar surface area (TPSA) is 74.8 Å². The van der Waals surface area contributed by atoms with Crippen molar-refractivity contribution < 1.29 is 4.79 Å². The van der Waals surface area contributed by atoms with Crippen LogP contribution in [0.5, 0.6) is 0 Å². The molecule has 0 unspecified atom stereocenters. The number of H-pyrrole nitrogens is 1. The van der Waals surface area contributed by atoms with Gasteiger partial charge in [0.15, 0.2) is 5.82 Å². The van der Waals surface area contributed by atoms with Crippen LogP contribution in [0.15, 0.2) is 24.8 Å². The van der Waals surface area contributed by atoms with Crippen molar-refractivity contribution in [1.29, 1.82) is 0 Å². The minimum absolute atomic E-state index is 0.254. The lowest BCUT2D eigenvalue weighted by molar-refractivity contribution is -0.132. The van der Waals surface area contributed by atoms with Gasteiger partial charge in [-0.2, -0.15) is 0 Å². The molecular weight excluding hydrogens is 278 g/mol. The van der Waals surface area contributed by atoms with Crippen LogP contribution in [0.4, 0.5) is 0 Å². The Morgan fingerprint density at radius 2 is 2.27 bits per heavy atom. The third kappa shape index (κ3) is 3.32. The second kappa shape index (κ2) is 6.68. The van der Waals surface area contributed by atoms with Crippen molar-refractivity contribution in [2.75, 3.05) is 13.1 Å². The van der Waals surface area contributed by atoms with Crippen molar-refractivity contribution >= 4 is 5.91 Å². The molecule has 0 aliphatic carbocycles. The van der Waals surface area contributed by atoms with Gasteiger partial charge in [-0.3, -0.25) is 9.78 Å². The Morgan fingerprint density at radius 3 is 2.95 bits per heavy atom. The van der Waals surface area contributed by atoms with E-state index in [0.29, 0.717) is 12.3 Å². The fraction of sp³-hybridized carbons (Fsp3) is 0.500. The summed E-state index contributed by atoms with van der Waals surface area (Å²) in [4.78, 5) is 29.9. The van der Waals surface area contributed by atoms with Crippen LogP contribution in [0.3, 0.4) is 0 Å². The van der Waals surface area contributed by atoms with Crippen LogP contribution in [0, 0.1) is 5.92 Å². The number of amides is 1. The minimum atomic E-state index is 0.254. The minimum Gasteiger partial charge on any atom is -0.343 e. The van der Waals surface area contributed by atoms with E-state index in [2.05, 4.69) is 19.9 Å². The second-order valence-electron chi connectivity index (χ2n) is 5.74. The van der Waals surface area contributed by atoms with Gasteiger partial charge in [0, 0.05) is 38.1 Å². The molecule has 6 heteroatoms. The summed E-state index contributed by atoms with van der Waals surface area (Å²) in [5, 5.41) is 0. The monoisotopic (exact) mass is 299 g/mol. The highest BCUT2D eigenvalue weighted by atomic mass is 16.2. The first-order valence-electron chi connectivity index (χ1n) is 7.84. The van der Waals surface area contributed by atoms with Crippen molar-refractivity contribution in [3.05, 3.63) is 30.5 Å². The van der Waals surface area contributed by atoms with E-state index in [1.807, 2.05) is 18.0 Å². The predicted molar refractivity (Wildman–Crippen MR) is 82.9 cm³/mol. The van der Waals surface area contributed by atoms with Gasteiger partial charge in [-0.25, -0.2) is 9.97 Å². The number of imidazole rings is 1. The largest absolute Gasteiger partial charge is 0.343 e. The van der Waals surface area contributed by atoms with Crippen molar-refractivity contribution in [2.24, 2.45) is 5.92 Å². The number of rotatable bonds is 4. The molecule has 22 heavy (non-hydrogen) atoms. The molecule has 1 N–H and O–H groups in total. The van der Waals surface area contributed by atoms with Crippen LogP contribution in [0.1, 0.15) is 31.9 Å². The van der Waals surface area contributed by atoms with Crippen molar-refractivity contribution in [2.45, 2.75) is 32.6 Å². The fourth-order valence-electron chi connectivity index (χ4n) is 2.97. The molecule has 3 rings (SSSR count). The Balaban J connectivity index is 1.62. The maximum absolute atomic E-state index is 11.8. The first kappa shape index (κ1) is 14.7. The molecule has 3 heterocycles. The lowest BCUT2D eigenvalue weighted by Gasteiger charge is -2.32. The number of likely N-dealkylation sites (tertiary alicyclic amines) is 1. The van der Waals surface area contributed by atoms with Crippen molar-refractivity contribution in [3.8, 4) is 11.5 Å². The molecule has 0 bridgehead atoms. The van der Waals surface area contributed by atoms with Gasteiger partial charge < -0.3 is 9.88 Å². The third-order valence-electron chi connectivity index (χ3n) is 4.12. The number of nitrogens with one attached hydrogen (secondary N) is 1. The number of carbonyl (C=O) groups excluding carboxylic acids is 1. The van der Waals surface area contributed by atoms with E-state index < -0.39 is 0 Å². The van der Waals surface area contributed by atoms with E-state index in [-0.39, 0.29) is 5.91 Å². The van der Waals surface area contributed by atoms with Gasteiger partial charge in [-0.15, -0.1) is 0 Å². The number of aromatic nitrogens is 4. The highest BCUT2D eigenvalue weighted by Crippen LogP contribution is 2.21. The molecule has 2 aromatic heterocycles. The number of nitrogens with zero attached hydrogens (tertiary/aromatic N) is 4. The molecule has 6 nitrogen and oxygen atoms in total. The van der Waals surface area contributed by atoms with Gasteiger partial charge >= 0.3 is 0 Å². The van der Waals surface area contributed by atoms with E-state index in [0.717, 1.165) is 49.6 Å². The van der Waals surface area contributed by atoms with E-state index in [9.17, 15) is 4.79 Å². The number of piperidine rings is 1. The molecule has 1 amide bonds. The second-order valence-corrected chi connectivity index (χ2v) is 5.74. The Morgan fingerprint density at radius 1 is 1.36 bits per heavy atom. The Hall–Kier alpha value is -2.24. The third-order valence-corrected chi connectivity index (χ3v) is 4.12. The summed E-state index contributed by atoms with van der Waals surface area (Å²) >= 11 is 0. The summed E-state index contributed by atoms with van der Waals surface area (Å²) in [7, 11) is 0. The number of aromatic amines is 1. The average molecular weight is 299 g/mol. The van der Waals surface area contributed by atoms with Gasteiger partial charge in [0.2, 0.25) is 5.91 Å². The quantitative estimate of drug-likeness (QED) is 0.937. The van der Waals surface area contributed by atoms with Crippen LogP contribution >= 0.6 is 0 Å². The van der Waals surface area contributed by atoms with Crippen LogP contribution in [0.25, 0.3) is 11.5 Å². The molecule has 0 aromatic carbocycles. The van der Waals surface area contributed by atoms with Crippen molar-refractivity contribution in [3.63, 3.8) is 0 Å². The number of hydrogen-bond donors (Lipinski definition) is 1. The zero-order chi connectivity index (χ0) is 15.4. The van der Waals surface area contributed by atoms with Crippen LogP contribution < -0.4 is 0 Å². The molecule has 0 spiro atoms. The SMILES string of the molecule is CCC(=O)N1CCC[C@@H](Cc2cnc(-c3ncc[nH]3)cn2)C1. The van der Waals surface area contributed by atoms with Gasteiger partial charge in [0.05, 0.1) is 11.9 Å². The first-order chi connectivity index (χ1) is 10.8. The maximum atomic E-state index is 11.8. The number of hydrogen-bond acceptors (Lipinski definition) is 4. The first-order valence-corrected chi connectivity index (χ1v) is 7.84. The highest BCUT2D eigenvalue weighted by molar-refractivity contribution is 5.75. The Kier molecular flexibility index (Phi) is 4.46. The van der Waals surface area contributed by atoms with Crippen LogP contribution in [0.2, 0.25) is 0 Å². The summed E-state index contributed by atoms with van der Waals surface area (Å²) in [6, 6.07) is 0. The molecule has 1 aliphatic heterocycles.